The molecule has 1 amide bonds. The van der Waals surface area contributed by atoms with Crippen LogP contribution in [0.3, 0.4) is 0 Å². The SMILES string of the molecule is CCN1C(=O)c2c(O)c(=O)c(-c3cn(Cc4ccc(F)cc4F)nn3)cn2CC12CCC2. The molecule has 0 bridgehead atoms. The zero-order valence-electron chi connectivity index (χ0n) is 17.4. The lowest BCUT2D eigenvalue weighted by atomic mass is 9.73. The highest BCUT2D eigenvalue weighted by atomic mass is 19.1. The second-order valence-corrected chi connectivity index (χ2v) is 8.36. The fraction of sp³-hybridized carbons (Fsp3) is 0.364. The molecule has 3 aromatic rings. The minimum atomic E-state index is -0.717. The average Bonchev–Trinajstić information content (AvgIpc) is 3.19. The first-order valence-corrected chi connectivity index (χ1v) is 10.5. The zero-order valence-corrected chi connectivity index (χ0v) is 17.4. The first kappa shape index (κ1) is 20.3. The van der Waals surface area contributed by atoms with Gasteiger partial charge in [-0.25, -0.2) is 13.5 Å². The summed E-state index contributed by atoms with van der Waals surface area (Å²) in [7, 11) is 0. The second kappa shape index (κ2) is 7.25. The first-order chi connectivity index (χ1) is 15.3. The minimum Gasteiger partial charge on any atom is -0.503 e. The van der Waals surface area contributed by atoms with Crippen LogP contribution in [0.2, 0.25) is 0 Å². The number of pyridine rings is 1. The maximum atomic E-state index is 14.0. The van der Waals surface area contributed by atoms with Crippen LogP contribution in [-0.2, 0) is 13.1 Å². The van der Waals surface area contributed by atoms with E-state index >= 15 is 0 Å². The molecule has 0 radical (unpaired) electrons. The van der Waals surface area contributed by atoms with Crippen LogP contribution in [0.15, 0.2) is 35.4 Å². The molecule has 1 aromatic carbocycles. The number of likely N-dealkylation sites (N-methyl/N-ethyl adjacent to an activating group) is 1. The Labute approximate surface area is 181 Å². The number of aromatic hydroxyl groups is 1. The number of benzene rings is 1. The van der Waals surface area contributed by atoms with Crippen LogP contribution in [0, 0.1) is 11.6 Å². The molecular formula is C22H21F2N5O3. The molecule has 1 saturated carbocycles. The van der Waals surface area contributed by atoms with Gasteiger partial charge in [-0.15, -0.1) is 5.10 Å². The normalized spacial score (nSPS) is 16.8. The summed E-state index contributed by atoms with van der Waals surface area (Å²) in [6, 6.07) is 3.25. The quantitative estimate of drug-likeness (QED) is 0.672. The van der Waals surface area contributed by atoms with Crippen molar-refractivity contribution in [3.8, 4) is 17.0 Å². The van der Waals surface area contributed by atoms with Gasteiger partial charge in [-0.3, -0.25) is 9.59 Å². The number of hydrogen-bond acceptors (Lipinski definition) is 5. The van der Waals surface area contributed by atoms with Gasteiger partial charge < -0.3 is 14.6 Å². The van der Waals surface area contributed by atoms with Crippen molar-refractivity contribution in [2.75, 3.05) is 6.54 Å². The Morgan fingerprint density at radius 1 is 1.19 bits per heavy atom. The Morgan fingerprint density at radius 3 is 2.62 bits per heavy atom. The smallest absolute Gasteiger partial charge is 0.275 e. The third-order valence-corrected chi connectivity index (χ3v) is 6.50. The minimum absolute atomic E-state index is 0.00950. The van der Waals surface area contributed by atoms with Gasteiger partial charge in [0, 0.05) is 30.9 Å². The van der Waals surface area contributed by atoms with Crippen molar-refractivity contribution in [1.82, 2.24) is 24.5 Å². The summed E-state index contributed by atoms with van der Waals surface area (Å²) < 4.78 is 30.0. The lowest BCUT2D eigenvalue weighted by molar-refractivity contribution is -0.00370. The average molecular weight is 441 g/mol. The summed E-state index contributed by atoms with van der Waals surface area (Å²) in [6.07, 6.45) is 5.75. The third kappa shape index (κ3) is 3.01. The standard InChI is InChI=1S/C22H21F2N5O3/c1-2-29-21(32)18-20(31)19(30)15(10-27(18)12-22(29)6-3-7-22)17-11-28(26-25-17)9-13-4-5-14(23)8-16(13)24/h4-5,8,10-11,31H,2-3,6-7,9,12H2,1H3. The van der Waals surface area contributed by atoms with E-state index in [1.165, 1.54) is 23.1 Å². The van der Waals surface area contributed by atoms with Crippen LogP contribution in [0.25, 0.3) is 11.3 Å². The van der Waals surface area contributed by atoms with Crippen LogP contribution >= 0.6 is 0 Å². The number of rotatable bonds is 4. The molecule has 1 aliphatic heterocycles. The van der Waals surface area contributed by atoms with Gasteiger partial charge in [0.1, 0.15) is 17.3 Å². The van der Waals surface area contributed by atoms with Crippen molar-refractivity contribution in [3.63, 3.8) is 0 Å². The fourth-order valence-electron chi connectivity index (χ4n) is 4.74. The van der Waals surface area contributed by atoms with E-state index < -0.39 is 22.8 Å². The highest BCUT2D eigenvalue weighted by molar-refractivity contribution is 5.97. The van der Waals surface area contributed by atoms with Crippen LogP contribution in [0.1, 0.15) is 42.2 Å². The maximum absolute atomic E-state index is 14.0. The van der Waals surface area contributed by atoms with Crippen molar-refractivity contribution < 1.29 is 18.7 Å². The van der Waals surface area contributed by atoms with Gasteiger partial charge >= 0.3 is 0 Å². The summed E-state index contributed by atoms with van der Waals surface area (Å²) in [5, 5.41) is 18.5. The van der Waals surface area contributed by atoms with Crippen LogP contribution in [0.5, 0.6) is 5.75 Å². The molecule has 1 spiro atoms. The Morgan fingerprint density at radius 2 is 1.97 bits per heavy atom. The summed E-state index contributed by atoms with van der Waals surface area (Å²) >= 11 is 0. The highest BCUT2D eigenvalue weighted by Gasteiger charge is 2.49. The Kier molecular flexibility index (Phi) is 4.61. The molecule has 10 heteroatoms. The lowest BCUT2D eigenvalue weighted by Gasteiger charge is -2.53. The molecule has 5 rings (SSSR count). The Bertz CT molecular complexity index is 1300. The third-order valence-electron chi connectivity index (χ3n) is 6.50. The maximum Gasteiger partial charge on any atom is 0.275 e. The Hall–Kier alpha value is -3.56. The van der Waals surface area contributed by atoms with Gasteiger partial charge in [-0.1, -0.05) is 11.3 Å². The topological polar surface area (TPSA) is 93.2 Å². The summed E-state index contributed by atoms with van der Waals surface area (Å²) in [6.45, 7) is 2.87. The predicted molar refractivity (Wildman–Crippen MR) is 110 cm³/mol. The molecule has 0 atom stereocenters. The van der Waals surface area contributed by atoms with E-state index in [1.807, 2.05) is 6.92 Å². The molecule has 8 nitrogen and oxygen atoms in total. The van der Waals surface area contributed by atoms with Crippen molar-refractivity contribution in [2.45, 2.75) is 44.8 Å². The molecule has 166 valence electrons. The Balaban J connectivity index is 1.52. The summed E-state index contributed by atoms with van der Waals surface area (Å²) in [5.74, 6) is -2.35. The monoisotopic (exact) mass is 441 g/mol. The van der Waals surface area contributed by atoms with Gasteiger partial charge in [-0.05, 0) is 32.3 Å². The molecule has 1 aliphatic carbocycles. The lowest BCUT2D eigenvalue weighted by Crippen LogP contribution is -2.62. The molecule has 2 aromatic heterocycles. The van der Waals surface area contributed by atoms with E-state index in [9.17, 15) is 23.5 Å². The molecular weight excluding hydrogens is 420 g/mol. The fourth-order valence-corrected chi connectivity index (χ4v) is 4.74. The zero-order chi connectivity index (χ0) is 22.6. The van der Waals surface area contributed by atoms with Crippen LogP contribution < -0.4 is 5.43 Å². The number of amides is 1. The number of hydrogen-bond donors (Lipinski definition) is 1. The largest absolute Gasteiger partial charge is 0.503 e. The predicted octanol–water partition coefficient (Wildman–Crippen LogP) is 2.54. The van der Waals surface area contributed by atoms with E-state index in [4.69, 9.17) is 0 Å². The van der Waals surface area contributed by atoms with E-state index in [-0.39, 0.29) is 40.5 Å². The molecule has 1 fully saturated rings. The molecule has 0 unspecified atom stereocenters. The van der Waals surface area contributed by atoms with Crippen LogP contribution in [-0.4, -0.2) is 47.6 Å². The van der Waals surface area contributed by atoms with Crippen LogP contribution in [0.4, 0.5) is 8.78 Å². The number of halogens is 2. The molecule has 2 aliphatic rings. The summed E-state index contributed by atoms with van der Waals surface area (Å²) in [4.78, 5) is 27.7. The van der Waals surface area contributed by atoms with Gasteiger partial charge in [0.2, 0.25) is 5.43 Å². The second-order valence-electron chi connectivity index (χ2n) is 8.36. The van der Waals surface area contributed by atoms with Crippen molar-refractivity contribution in [3.05, 3.63) is 63.7 Å². The van der Waals surface area contributed by atoms with Crippen molar-refractivity contribution >= 4 is 5.91 Å². The number of fused-ring (bicyclic) bond motifs is 1. The first-order valence-electron chi connectivity index (χ1n) is 10.5. The molecule has 1 N–H and O–H groups in total. The van der Waals surface area contributed by atoms with Gasteiger partial charge in [-0.2, -0.15) is 0 Å². The van der Waals surface area contributed by atoms with E-state index in [1.54, 1.807) is 9.47 Å². The van der Waals surface area contributed by atoms with Crippen molar-refractivity contribution in [1.29, 1.82) is 0 Å². The molecule has 3 heterocycles. The number of nitrogens with zero attached hydrogens (tertiary/aromatic N) is 5. The number of carbonyl (C=O) groups is 1. The van der Waals surface area contributed by atoms with Crippen molar-refractivity contribution in [2.24, 2.45) is 0 Å². The molecule has 32 heavy (non-hydrogen) atoms. The van der Waals surface area contributed by atoms with E-state index in [0.717, 1.165) is 31.4 Å². The van der Waals surface area contributed by atoms with Gasteiger partial charge in [0.25, 0.3) is 5.91 Å². The number of aromatic nitrogens is 4. The van der Waals surface area contributed by atoms with Gasteiger partial charge in [0.05, 0.1) is 23.8 Å². The van der Waals surface area contributed by atoms with Gasteiger partial charge in [0.15, 0.2) is 11.4 Å². The van der Waals surface area contributed by atoms with E-state index in [0.29, 0.717) is 13.1 Å². The number of carbonyl (C=O) groups excluding carboxylic acids is 1. The van der Waals surface area contributed by atoms with E-state index in [2.05, 4.69) is 10.3 Å². The summed E-state index contributed by atoms with van der Waals surface area (Å²) in [5.41, 5.74) is -0.524. The molecule has 0 saturated heterocycles. The highest BCUT2D eigenvalue weighted by Crippen LogP contribution is 2.43.